The molecule has 6 N–H and O–H groups in total. The van der Waals surface area contributed by atoms with Crippen LogP contribution in [0.1, 0.15) is 25.7 Å². The summed E-state index contributed by atoms with van der Waals surface area (Å²) in [7, 11) is 0. The SMILES string of the molecule is OCCOC(CCCOCCCC(OCCO)(OCCO)OCCO)(OCCO)OCCO. The number of aliphatic hydroxyl groups excluding tert-OH is 6. The van der Waals surface area contributed by atoms with Crippen molar-refractivity contribution in [1.29, 1.82) is 0 Å². The second-order valence-electron chi connectivity index (χ2n) is 6.62. The van der Waals surface area contributed by atoms with Crippen molar-refractivity contribution in [1.82, 2.24) is 0 Å². The van der Waals surface area contributed by atoms with Crippen LogP contribution in [0.4, 0.5) is 0 Å². The largest absolute Gasteiger partial charge is 0.394 e. The van der Waals surface area contributed by atoms with Crippen molar-refractivity contribution >= 4 is 0 Å². The van der Waals surface area contributed by atoms with Gasteiger partial charge in [0.25, 0.3) is 11.9 Å². The van der Waals surface area contributed by atoms with Crippen molar-refractivity contribution in [3.05, 3.63) is 0 Å². The molecule has 0 aliphatic rings. The van der Waals surface area contributed by atoms with Crippen LogP contribution < -0.4 is 0 Å². The molecule has 0 atom stereocenters. The Kier molecular flexibility index (Phi) is 21.6. The fraction of sp³-hybridized carbons (Fsp3) is 1.00. The summed E-state index contributed by atoms with van der Waals surface area (Å²) in [4.78, 5) is 0. The van der Waals surface area contributed by atoms with Gasteiger partial charge < -0.3 is 63.8 Å². The molecule has 33 heavy (non-hydrogen) atoms. The van der Waals surface area contributed by atoms with Gasteiger partial charge in [0.1, 0.15) is 0 Å². The van der Waals surface area contributed by atoms with Crippen LogP contribution in [-0.4, -0.2) is 135 Å². The Morgan fingerprint density at radius 3 is 0.818 bits per heavy atom. The van der Waals surface area contributed by atoms with Crippen LogP contribution in [0.15, 0.2) is 0 Å². The lowest BCUT2D eigenvalue weighted by atomic mass is 10.2. The van der Waals surface area contributed by atoms with Gasteiger partial charge in [0.05, 0.1) is 79.3 Å². The second kappa shape index (κ2) is 22.0. The van der Waals surface area contributed by atoms with Gasteiger partial charge in [-0.1, -0.05) is 0 Å². The van der Waals surface area contributed by atoms with Gasteiger partial charge in [-0.05, 0) is 12.8 Å². The normalized spacial score (nSPS) is 12.5. The van der Waals surface area contributed by atoms with Crippen LogP contribution in [0.2, 0.25) is 0 Å². The third kappa shape index (κ3) is 15.9. The van der Waals surface area contributed by atoms with Gasteiger partial charge in [-0.3, -0.25) is 0 Å². The van der Waals surface area contributed by atoms with Crippen molar-refractivity contribution in [3.63, 3.8) is 0 Å². The molecule has 0 fully saturated rings. The molecule has 0 aliphatic heterocycles. The van der Waals surface area contributed by atoms with Crippen LogP contribution in [0.5, 0.6) is 0 Å². The highest BCUT2D eigenvalue weighted by molar-refractivity contribution is 4.62. The number of hydrogen-bond donors (Lipinski definition) is 6. The molecular formula is C20H42O13. The summed E-state index contributed by atoms with van der Waals surface area (Å²) in [5, 5.41) is 54.3. The second-order valence-corrected chi connectivity index (χ2v) is 6.62. The Labute approximate surface area is 194 Å². The predicted molar refractivity (Wildman–Crippen MR) is 113 cm³/mol. The molecule has 200 valence electrons. The van der Waals surface area contributed by atoms with E-state index in [9.17, 15) is 0 Å². The van der Waals surface area contributed by atoms with Gasteiger partial charge in [-0.2, -0.15) is 0 Å². The van der Waals surface area contributed by atoms with Gasteiger partial charge in [-0.15, -0.1) is 0 Å². The highest BCUT2D eigenvalue weighted by atomic mass is 16.9. The monoisotopic (exact) mass is 490 g/mol. The van der Waals surface area contributed by atoms with E-state index in [-0.39, 0.29) is 92.1 Å². The van der Waals surface area contributed by atoms with E-state index in [1.807, 2.05) is 0 Å². The first-order valence-corrected chi connectivity index (χ1v) is 11.1. The maximum atomic E-state index is 9.04. The van der Waals surface area contributed by atoms with E-state index in [2.05, 4.69) is 0 Å². The fourth-order valence-electron chi connectivity index (χ4n) is 2.77. The summed E-state index contributed by atoms with van der Waals surface area (Å²) in [5.74, 6) is -3.03. The molecule has 0 saturated heterocycles. The Morgan fingerprint density at radius 2 is 0.606 bits per heavy atom. The summed E-state index contributed by atoms with van der Waals surface area (Å²) < 4.78 is 38.5. The van der Waals surface area contributed by atoms with E-state index >= 15 is 0 Å². The summed E-state index contributed by atoms with van der Waals surface area (Å²) >= 11 is 0. The first-order chi connectivity index (χ1) is 16.1. The van der Waals surface area contributed by atoms with E-state index in [1.54, 1.807) is 0 Å². The molecule has 0 saturated carbocycles. The molecule has 0 aromatic carbocycles. The Bertz CT molecular complexity index is 334. The fourth-order valence-corrected chi connectivity index (χ4v) is 2.77. The summed E-state index contributed by atoms with van der Waals surface area (Å²) in [6.07, 6.45) is 1.37. The number of ether oxygens (including phenoxy) is 7. The molecule has 0 rings (SSSR count). The molecule has 0 amide bonds. The minimum Gasteiger partial charge on any atom is -0.394 e. The van der Waals surface area contributed by atoms with Crippen molar-refractivity contribution in [2.45, 2.75) is 37.6 Å². The van der Waals surface area contributed by atoms with E-state index in [4.69, 9.17) is 63.8 Å². The quantitative estimate of drug-likeness (QED) is 0.0574. The average Bonchev–Trinajstić information content (AvgIpc) is 2.84. The van der Waals surface area contributed by atoms with E-state index < -0.39 is 11.9 Å². The van der Waals surface area contributed by atoms with E-state index in [1.165, 1.54) is 0 Å². The lowest BCUT2D eigenvalue weighted by Gasteiger charge is -2.33. The van der Waals surface area contributed by atoms with Crippen LogP contribution in [0.25, 0.3) is 0 Å². The van der Waals surface area contributed by atoms with Gasteiger partial charge in [0.2, 0.25) is 0 Å². The van der Waals surface area contributed by atoms with Gasteiger partial charge in [0.15, 0.2) is 0 Å². The van der Waals surface area contributed by atoms with Gasteiger partial charge >= 0.3 is 0 Å². The summed E-state index contributed by atoms with van der Waals surface area (Å²) in [5.41, 5.74) is 0. The molecule has 0 bridgehead atoms. The van der Waals surface area contributed by atoms with Crippen molar-refractivity contribution in [2.24, 2.45) is 0 Å². The number of hydrogen-bond acceptors (Lipinski definition) is 13. The molecule has 0 aromatic heterocycles. The third-order valence-electron chi connectivity index (χ3n) is 4.02. The zero-order chi connectivity index (χ0) is 24.7. The van der Waals surface area contributed by atoms with Crippen LogP contribution >= 0.6 is 0 Å². The van der Waals surface area contributed by atoms with Gasteiger partial charge in [0, 0.05) is 26.1 Å². The molecule has 0 aromatic rings. The predicted octanol–water partition coefficient (Wildman–Crippen LogP) is -2.08. The van der Waals surface area contributed by atoms with Crippen LogP contribution in [-0.2, 0) is 33.2 Å². The molecular weight excluding hydrogens is 448 g/mol. The Balaban J connectivity index is 4.60. The summed E-state index contributed by atoms with van der Waals surface area (Å²) in [6, 6.07) is 0. The van der Waals surface area contributed by atoms with Crippen molar-refractivity contribution in [2.75, 3.05) is 92.5 Å². The molecule has 0 heterocycles. The first kappa shape index (κ1) is 32.5. The van der Waals surface area contributed by atoms with Crippen molar-refractivity contribution in [3.8, 4) is 0 Å². The molecule has 0 radical (unpaired) electrons. The lowest BCUT2D eigenvalue weighted by molar-refractivity contribution is -0.388. The Hall–Kier alpha value is -0.520. The zero-order valence-corrected chi connectivity index (χ0v) is 19.3. The molecule has 13 heteroatoms. The third-order valence-corrected chi connectivity index (χ3v) is 4.02. The maximum absolute atomic E-state index is 9.04. The topological polar surface area (TPSA) is 186 Å². The maximum Gasteiger partial charge on any atom is 0.283 e. The standard InChI is InChI=1S/C20H42O13/c21-5-13-28-19(29-14-6-22,30-15-7-23)3-1-11-27-12-2-4-20(31-16-8-24,32-17-9-25)33-18-10-26/h21-26H,1-18H2. The molecule has 0 aliphatic carbocycles. The van der Waals surface area contributed by atoms with E-state index in [0.29, 0.717) is 26.1 Å². The minimum atomic E-state index is -1.51. The lowest BCUT2D eigenvalue weighted by Crippen LogP contribution is -2.42. The Morgan fingerprint density at radius 1 is 0.364 bits per heavy atom. The molecule has 0 spiro atoms. The molecule has 13 nitrogen and oxygen atoms in total. The highest BCUT2D eigenvalue weighted by Crippen LogP contribution is 2.24. The minimum absolute atomic E-state index is 0.0463. The number of rotatable bonds is 26. The highest BCUT2D eigenvalue weighted by Gasteiger charge is 2.34. The summed E-state index contributed by atoms with van der Waals surface area (Å²) in [6.45, 7) is -1.15. The van der Waals surface area contributed by atoms with Crippen LogP contribution in [0, 0.1) is 0 Å². The zero-order valence-electron chi connectivity index (χ0n) is 19.3. The van der Waals surface area contributed by atoms with Crippen LogP contribution in [0.3, 0.4) is 0 Å². The van der Waals surface area contributed by atoms with Crippen molar-refractivity contribution < 1.29 is 63.8 Å². The van der Waals surface area contributed by atoms with E-state index in [0.717, 1.165) is 0 Å². The molecule has 0 unspecified atom stereocenters. The average molecular weight is 491 g/mol. The first-order valence-electron chi connectivity index (χ1n) is 11.1. The van der Waals surface area contributed by atoms with Gasteiger partial charge in [-0.25, -0.2) is 0 Å². The number of aliphatic hydroxyl groups is 6. The smallest absolute Gasteiger partial charge is 0.283 e.